The smallest absolute Gasteiger partial charge is 0.312 e. The van der Waals surface area contributed by atoms with E-state index in [9.17, 15) is 4.79 Å². The molecule has 0 aromatic heterocycles. The largest absolute Gasteiger partial charge is 0.481 e. The molecule has 0 fully saturated rings. The third-order valence-corrected chi connectivity index (χ3v) is 1.63. The first-order valence-electron chi connectivity index (χ1n) is 4.40. The van der Waals surface area contributed by atoms with Crippen LogP contribution in [0.15, 0.2) is 5.11 Å². The number of nitrogens with zero attached hydrogens (tertiary/aromatic N) is 3. The molecule has 0 aromatic rings. The number of rotatable bonds is 8. The van der Waals surface area contributed by atoms with Gasteiger partial charge >= 0.3 is 5.97 Å². The minimum Gasteiger partial charge on any atom is -0.481 e. The second kappa shape index (κ2) is 8.31. The minimum absolute atomic E-state index is 0.344. The van der Waals surface area contributed by atoms with Crippen molar-refractivity contribution < 1.29 is 9.90 Å². The van der Waals surface area contributed by atoms with Gasteiger partial charge in [-0.25, -0.2) is 0 Å². The number of nitrogens with two attached hydrogens (primary N) is 1. The molecule has 4 N–H and O–H groups in total. The SMILES string of the molecule is [N-]=[N+]=N[C@@H](CCCNCCN)C(=O)O. The number of aliphatic carboxylic acids is 1. The van der Waals surface area contributed by atoms with Crippen LogP contribution in [0.1, 0.15) is 12.8 Å². The molecular formula is C7H15N5O2. The van der Waals surface area contributed by atoms with Crippen molar-refractivity contribution >= 4 is 5.97 Å². The minimum atomic E-state index is -1.08. The number of carboxylic acid groups (broad SMARTS) is 1. The highest BCUT2D eigenvalue weighted by molar-refractivity contribution is 5.73. The van der Waals surface area contributed by atoms with Crippen molar-refractivity contribution in [3.63, 3.8) is 0 Å². The van der Waals surface area contributed by atoms with Crippen molar-refractivity contribution in [1.29, 1.82) is 0 Å². The fraction of sp³-hybridized carbons (Fsp3) is 0.857. The summed E-state index contributed by atoms with van der Waals surface area (Å²) in [5.41, 5.74) is 13.3. The first-order chi connectivity index (χ1) is 6.72. The number of azide groups is 1. The lowest BCUT2D eigenvalue weighted by Crippen LogP contribution is -2.25. The standard InChI is InChI=1S/C7H15N5O2/c8-3-5-10-4-1-2-6(7(13)14)11-12-9/h6,10H,1-5,8H2,(H,13,14)/t6-/m0/s1. The van der Waals surface area contributed by atoms with Gasteiger partial charge in [0.25, 0.3) is 0 Å². The first kappa shape index (κ1) is 12.7. The molecule has 0 radical (unpaired) electrons. The van der Waals surface area contributed by atoms with Gasteiger partial charge < -0.3 is 16.2 Å². The summed E-state index contributed by atoms with van der Waals surface area (Å²) in [5.74, 6) is -1.08. The molecule has 0 aliphatic rings. The number of nitrogens with one attached hydrogen (secondary N) is 1. The number of carboxylic acids is 1. The molecule has 7 nitrogen and oxygen atoms in total. The van der Waals surface area contributed by atoms with Gasteiger partial charge in [-0.05, 0) is 24.9 Å². The maximum atomic E-state index is 10.5. The molecule has 0 bridgehead atoms. The summed E-state index contributed by atoms with van der Waals surface area (Å²) in [6, 6.07) is -0.959. The highest BCUT2D eigenvalue weighted by atomic mass is 16.4. The molecule has 0 saturated carbocycles. The lowest BCUT2D eigenvalue weighted by atomic mass is 10.2. The van der Waals surface area contributed by atoms with E-state index >= 15 is 0 Å². The topological polar surface area (TPSA) is 124 Å². The van der Waals surface area contributed by atoms with Gasteiger partial charge in [0.15, 0.2) is 0 Å². The van der Waals surface area contributed by atoms with Gasteiger partial charge in [-0.3, -0.25) is 4.79 Å². The Morgan fingerprint density at radius 2 is 2.36 bits per heavy atom. The van der Waals surface area contributed by atoms with Crippen molar-refractivity contribution in [3.8, 4) is 0 Å². The third-order valence-electron chi connectivity index (χ3n) is 1.63. The average molecular weight is 201 g/mol. The van der Waals surface area contributed by atoms with Crippen LogP contribution in [0.3, 0.4) is 0 Å². The summed E-state index contributed by atoms with van der Waals surface area (Å²) in [6.45, 7) is 1.94. The van der Waals surface area contributed by atoms with Gasteiger partial charge in [0, 0.05) is 18.0 Å². The highest BCUT2D eigenvalue weighted by Gasteiger charge is 2.13. The van der Waals surface area contributed by atoms with E-state index in [1.54, 1.807) is 0 Å². The second-order valence-corrected chi connectivity index (χ2v) is 2.74. The van der Waals surface area contributed by atoms with Crippen molar-refractivity contribution in [2.75, 3.05) is 19.6 Å². The molecule has 0 rings (SSSR count). The van der Waals surface area contributed by atoms with E-state index in [2.05, 4.69) is 15.3 Å². The van der Waals surface area contributed by atoms with Crippen LogP contribution in [0.4, 0.5) is 0 Å². The van der Waals surface area contributed by atoms with Crippen molar-refractivity contribution in [3.05, 3.63) is 10.4 Å². The van der Waals surface area contributed by atoms with Crippen LogP contribution in [0.2, 0.25) is 0 Å². The van der Waals surface area contributed by atoms with Crippen LogP contribution >= 0.6 is 0 Å². The van der Waals surface area contributed by atoms with E-state index in [-0.39, 0.29) is 0 Å². The maximum Gasteiger partial charge on any atom is 0.312 e. The van der Waals surface area contributed by atoms with Crippen LogP contribution in [0.5, 0.6) is 0 Å². The highest BCUT2D eigenvalue weighted by Crippen LogP contribution is 2.01. The van der Waals surface area contributed by atoms with Crippen LogP contribution in [0.25, 0.3) is 10.4 Å². The predicted molar refractivity (Wildman–Crippen MR) is 51.7 cm³/mol. The quantitative estimate of drug-likeness (QED) is 0.222. The maximum absolute atomic E-state index is 10.5. The van der Waals surface area contributed by atoms with Crippen LogP contribution in [0, 0.1) is 0 Å². The van der Waals surface area contributed by atoms with Crippen molar-refractivity contribution in [1.82, 2.24) is 5.32 Å². The van der Waals surface area contributed by atoms with Gasteiger partial charge in [0.05, 0.1) is 0 Å². The number of hydrogen-bond donors (Lipinski definition) is 3. The normalized spacial score (nSPS) is 11.8. The van der Waals surface area contributed by atoms with Crippen LogP contribution in [-0.2, 0) is 4.79 Å². The van der Waals surface area contributed by atoms with Crippen molar-refractivity contribution in [2.45, 2.75) is 18.9 Å². The summed E-state index contributed by atoms with van der Waals surface area (Å²) < 4.78 is 0. The van der Waals surface area contributed by atoms with Gasteiger partial charge in [0.2, 0.25) is 0 Å². The van der Waals surface area contributed by atoms with E-state index in [0.717, 1.165) is 0 Å². The molecule has 1 atom stereocenters. The Labute approximate surface area is 81.9 Å². The molecule has 0 amide bonds. The zero-order valence-electron chi connectivity index (χ0n) is 7.89. The zero-order chi connectivity index (χ0) is 10.8. The van der Waals surface area contributed by atoms with Crippen LogP contribution in [-0.4, -0.2) is 36.8 Å². The van der Waals surface area contributed by atoms with Gasteiger partial charge in [-0.1, -0.05) is 5.11 Å². The zero-order valence-corrected chi connectivity index (χ0v) is 7.89. The Balaban J connectivity index is 3.61. The summed E-state index contributed by atoms with van der Waals surface area (Å²) in [6.07, 6.45) is 0.993. The fourth-order valence-electron chi connectivity index (χ4n) is 0.940. The van der Waals surface area contributed by atoms with Crippen molar-refractivity contribution in [2.24, 2.45) is 10.8 Å². The van der Waals surface area contributed by atoms with E-state index in [0.29, 0.717) is 32.5 Å². The van der Waals surface area contributed by atoms with Gasteiger partial charge in [0.1, 0.15) is 6.04 Å². The molecule has 0 spiro atoms. The van der Waals surface area contributed by atoms with E-state index in [4.69, 9.17) is 16.4 Å². The fourth-order valence-corrected chi connectivity index (χ4v) is 0.940. The lowest BCUT2D eigenvalue weighted by Gasteiger charge is -2.05. The molecule has 0 saturated heterocycles. The molecular weight excluding hydrogens is 186 g/mol. The Kier molecular flexibility index (Phi) is 7.53. The van der Waals surface area contributed by atoms with Crippen LogP contribution < -0.4 is 11.1 Å². The van der Waals surface area contributed by atoms with E-state index < -0.39 is 12.0 Å². The summed E-state index contributed by atoms with van der Waals surface area (Å²) >= 11 is 0. The molecule has 0 aliphatic carbocycles. The summed E-state index contributed by atoms with van der Waals surface area (Å²) in [5, 5.41) is 14.8. The molecule has 0 aromatic carbocycles. The molecule has 0 unspecified atom stereocenters. The van der Waals surface area contributed by atoms with Gasteiger partial charge in [-0.15, -0.1) is 0 Å². The Morgan fingerprint density at radius 3 is 2.86 bits per heavy atom. The Morgan fingerprint density at radius 1 is 1.64 bits per heavy atom. The molecule has 80 valence electrons. The third kappa shape index (κ3) is 6.24. The molecule has 7 heteroatoms. The second-order valence-electron chi connectivity index (χ2n) is 2.74. The monoisotopic (exact) mass is 201 g/mol. The predicted octanol–water partition coefficient (Wildman–Crippen LogP) is 0.0784. The number of hydrogen-bond acceptors (Lipinski definition) is 4. The van der Waals surface area contributed by atoms with Gasteiger partial charge in [-0.2, -0.15) is 0 Å². The first-order valence-corrected chi connectivity index (χ1v) is 4.40. The summed E-state index contributed by atoms with van der Waals surface area (Å²) in [4.78, 5) is 13.0. The lowest BCUT2D eigenvalue weighted by molar-refractivity contribution is -0.138. The molecule has 0 aliphatic heterocycles. The summed E-state index contributed by atoms with van der Waals surface area (Å²) in [7, 11) is 0. The molecule has 14 heavy (non-hydrogen) atoms. The average Bonchev–Trinajstić information content (AvgIpc) is 2.15. The van der Waals surface area contributed by atoms with E-state index in [1.165, 1.54) is 0 Å². The van der Waals surface area contributed by atoms with E-state index in [1.807, 2.05) is 0 Å². The Bertz CT molecular complexity index is 212. The molecule has 0 heterocycles. The Hall–Kier alpha value is -1.30. The number of carbonyl (C=O) groups is 1.